The van der Waals surface area contributed by atoms with E-state index < -0.39 is 0 Å². The molecule has 0 saturated carbocycles. The average Bonchev–Trinajstić information content (AvgIpc) is 2.20. The van der Waals surface area contributed by atoms with Crippen LogP contribution >= 0.6 is 0 Å². The summed E-state index contributed by atoms with van der Waals surface area (Å²) in [5.41, 5.74) is 0. The summed E-state index contributed by atoms with van der Waals surface area (Å²) < 4.78 is 0. The molecule has 0 aromatic rings. The van der Waals surface area contributed by atoms with Gasteiger partial charge in [0.2, 0.25) is 0 Å². The van der Waals surface area contributed by atoms with Crippen molar-refractivity contribution in [1.29, 1.82) is 0 Å². The maximum absolute atomic E-state index is 11.5. The lowest BCUT2D eigenvalue weighted by molar-refractivity contribution is 0.156. The SMILES string of the molecule is O=C1NCCCN1C1CC=CCC1. The lowest BCUT2D eigenvalue weighted by Gasteiger charge is -2.35. The molecule has 1 aliphatic carbocycles. The number of urea groups is 1. The van der Waals surface area contributed by atoms with E-state index in [9.17, 15) is 4.79 Å². The van der Waals surface area contributed by atoms with Crippen LogP contribution in [0.5, 0.6) is 0 Å². The minimum absolute atomic E-state index is 0.131. The second kappa shape index (κ2) is 3.81. The second-order valence-corrected chi connectivity index (χ2v) is 3.72. The molecule has 1 unspecified atom stereocenters. The Labute approximate surface area is 78.8 Å². The van der Waals surface area contributed by atoms with E-state index in [0.717, 1.165) is 38.8 Å². The number of hydrogen-bond donors (Lipinski definition) is 1. The maximum Gasteiger partial charge on any atom is 0.317 e. The van der Waals surface area contributed by atoms with Crippen LogP contribution in [-0.4, -0.2) is 30.1 Å². The van der Waals surface area contributed by atoms with E-state index in [2.05, 4.69) is 17.5 Å². The summed E-state index contributed by atoms with van der Waals surface area (Å²) in [4.78, 5) is 13.5. The van der Waals surface area contributed by atoms with Gasteiger partial charge in [-0.2, -0.15) is 0 Å². The van der Waals surface area contributed by atoms with Crippen LogP contribution in [0.3, 0.4) is 0 Å². The standard InChI is InChI=1S/C10H16N2O/c13-10-11-7-4-8-12(10)9-5-2-1-3-6-9/h1-2,9H,3-8H2,(H,11,13). The van der Waals surface area contributed by atoms with Gasteiger partial charge in [-0.25, -0.2) is 4.79 Å². The number of carbonyl (C=O) groups excluding carboxylic acids is 1. The number of rotatable bonds is 1. The molecule has 0 bridgehead atoms. The lowest BCUT2D eigenvalue weighted by Crippen LogP contribution is -2.51. The van der Waals surface area contributed by atoms with Crippen molar-refractivity contribution < 1.29 is 4.79 Å². The highest BCUT2D eigenvalue weighted by Gasteiger charge is 2.25. The van der Waals surface area contributed by atoms with E-state index in [1.807, 2.05) is 4.90 Å². The molecule has 1 atom stereocenters. The largest absolute Gasteiger partial charge is 0.338 e. The zero-order valence-electron chi connectivity index (χ0n) is 7.83. The van der Waals surface area contributed by atoms with Gasteiger partial charge >= 0.3 is 6.03 Å². The first-order valence-corrected chi connectivity index (χ1v) is 5.07. The van der Waals surface area contributed by atoms with Crippen LogP contribution in [-0.2, 0) is 0 Å². The molecule has 1 heterocycles. The highest BCUT2D eigenvalue weighted by molar-refractivity contribution is 5.75. The Morgan fingerprint density at radius 1 is 1.46 bits per heavy atom. The first kappa shape index (κ1) is 8.60. The summed E-state index contributed by atoms with van der Waals surface area (Å²) in [5.74, 6) is 0. The fourth-order valence-electron chi connectivity index (χ4n) is 2.06. The smallest absolute Gasteiger partial charge is 0.317 e. The van der Waals surface area contributed by atoms with E-state index in [4.69, 9.17) is 0 Å². The highest BCUT2D eigenvalue weighted by atomic mass is 16.2. The topological polar surface area (TPSA) is 32.3 Å². The Hall–Kier alpha value is -0.990. The van der Waals surface area contributed by atoms with Crippen LogP contribution in [0.25, 0.3) is 0 Å². The fraction of sp³-hybridized carbons (Fsp3) is 0.700. The van der Waals surface area contributed by atoms with Gasteiger partial charge < -0.3 is 10.2 Å². The Morgan fingerprint density at radius 2 is 2.38 bits per heavy atom. The number of hydrogen-bond acceptors (Lipinski definition) is 1. The first-order chi connectivity index (χ1) is 6.38. The van der Waals surface area contributed by atoms with Crippen LogP contribution in [0.2, 0.25) is 0 Å². The third-order valence-electron chi connectivity index (χ3n) is 2.80. The molecule has 3 heteroatoms. The van der Waals surface area contributed by atoms with E-state index in [1.54, 1.807) is 0 Å². The van der Waals surface area contributed by atoms with Gasteiger partial charge in [-0.1, -0.05) is 12.2 Å². The van der Waals surface area contributed by atoms with Crippen LogP contribution in [0.1, 0.15) is 25.7 Å². The minimum atomic E-state index is 0.131. The zero-order valence-corrected chi connectivity index (χ0v) is 7.83. The Morgan fingerprint density at radius 3 is 3.08 bits per heavy atom. The zero-order chi connectivity index (χ0) is 9.10. The van der Waals surface area contributed by atoms with Gasteiger partial charge in [0.15, 0.2) is 0 Å². The molecule has 1 aliphatic heterocycles. The Bertz CT molecular complexity index is 225. The summed E-state index contributed by atoms with van der Waals surface area (Å²) >= 11 is 0. The van der Waals surface area contributed by atoms with Crippen molar-refractivity contribution in [3.63, 3.8) is 0 Å². The minimum Gasteiger partial charge on any atom is -0.338 e. The predicted octanol–water partition coefficient (Wildman–Crippen LogP) is 1.51. The molecule has 1 saturated heterocycles. The summed E-state index contributed by atoms with van der Waals surface area (Å²) in [6.07, 6.45) is 8.77. The van der Waals surface area contributed by atoms with E-state index in [0.29, 0.717) is 6.04 Å². The number of amides is 2. The molecular formula is C10H16N2O. The van der Waals surface area contributed by atoms with Gasteiger partial charge in [0.05, 0.1) is 0 Å². The van der Waals surface area contributed by atoms with E-state index in [1.165, 1.54) is 0 Å². The van der Waals surface area contributed by atoms with Crippen molar-refractivity contribution >= 4 is 6.03 Å². The second-order valence-electron chi connectivity index (χ2n) is 3.72. The Balaban J connectivity index is 1.97. The van der Waals surface area contributed by atoms with Gasteiger partial charge in [-0.3, -0.25) is 0 Å². The van der Waals surface area contributed by atoms with Crippen molar-refractivity contribution in [2.75, 3.05) is 13.1 Å². The molecule has 2 aliphatic rings. The number of carbonyl (C=O) groups is 1. The van der Waals surface area contributed by atoms with Crippen LogP contribution in [0.4, 0.5) is 4.79 Å². The summed E-state index contributed by atoms with van der Waals surface area (Å²) in [7, 11) is 0. The number of nitrogens with zero attached hydrogens (tertiary/aromatic N) is 1. The molecule has 72 valence electrons. The molecule has 13 heavy (non-hydrogen) atoms. The lowest BCUT2D eigenvalue weighted by atomic mass is 10.00. The number of nitrogens with one attached hydrogen (secondary N) is 1. The Kier molecular flexibility index (Phi) is 2.52. The van der Waals surface area contributed by atoms with Gasteiger partial charge in [0, 0.05) is 19.1 Å². The molecule has 0 aromatic heterocycles. The molecule has 0 aromatic carbocycles. The van der Waals surface area contributed by atoms with Crippen molar-refractivity contribution in [2.45, 2.75) is 31.7 Å². The van der Waals surface area contributed by atoms with Crippen molar-refractivity contribution in [3.8, 4) is 0 Å². The summed E-state index contributed by atoms with van der Waals surface area (Å²) in [6.45, 7) is 1.78. The molecule has 2 amide bonds. The third-order valence-corrected chi connectivity index (χ3v) is 2.80. The normalized spacial score (nSPS) is 28.8. The van der Waals surface area contributed by atoms with Gasteiger partial charge in [0.1, 0.15) is 0 Å². The van der Waals surface area contributed by atoms with Crippen molar-refractivity contribution in [1.82, 2.24) is 10.2 Å². The molecule has 0 spiro atoms. The summed E-state index contributed by atoms with van der Waals surface area (Å²) in [6, 6.07) is 0.580. The average molecular weight is 180 g/mol. The molecule has 1 N–H and O–H groups in total. The van der Waals surface area contributed by atoms with Crippen LogP contribution < -0.4 is 5.32 Å². The van der Waals surface area contributed by atoms with Crippen LogP contribution in [0, 0.1) is 0 Å². The molecule has 2 rings (SSSR count). The summed E-state index contributed by atoms with van der Waals surface area (Å²) in [5, 5.41) is 2.89. The van der Waals surface area contributed by atoms with E-state index >= 15 is 0 Å². The fourth-order valence-corrected chi connectivity index (χ4v) is 2.06. The first-order valence-electron chi connectivity index (χ1n) is 5.07. The molecule has 1 fully saturated rings. The molecule has 3 nitrogen and oxygen atoms in total. The van der Waals surface area contributed by atoms with Gasteiger partial charge in [-0.05, 0) is 25.7 Å². The third kappa shape index (κ3) is 1.85. The quantitative estimate of drug-likeness (QED) is 0.609. The number of allylic oxidation sites excluding steroid dienone is 1. The van der Waals surface area contributed by atoms with Gasteiger partial charge in [-0.15, -0.1) is 0 Å². The van der Waals surface area contributed by atoms with Crippen LogP contribution in [0.15, 0.2) is 12.2 Å². The van der Waals surface area contributed by atoms with Crippen molar-refractivity contribution in [2.24, 2.45) is 0 Å². The van der Waals surface area contributed by atoms with E-state index in [-0.39, 0.29) is 6.03 Å². The monoisotopic (exact) mass is 180 g/mol. The molecule has 0 radical (unpaired) electrons. The molecular weight excluding hydrogens is 164 g/mol. The maximum atomic E-state index is 11.5. The predicted molar refractivity (Wildman–Crippen MR) is 51.5 cm³/mol. The van der Waals surface area contributed by atoms with Gasteiger partial charge in [0.25, 0.3) is 0 Å². The van der Waals surface area contributed by atoms with Crippen molar-refractivity contribution in [3.05, 3.63) is 12.2 Å². The highest BCUT2D eigenvalue weighted by Crippen LogP contribution is 2.18.